The molecule has 0 bridgehead atoms. The summed E-state index contributed by atoms with van der Waals surface area (Å²) < 4.78 is 5.32. The van der Waals surface area contributed by atoms with Crippen LogP contribution in [-0.4, -0.2) is 12.1 Å². The van der Waals surface area contributed by atoms with Gasteiger partial charge >= 0.3 is 0 Å². The third-order valence-corrected chi connectivity index (χ3v) is 4.65. The van der Waals surface area contributed by atoms with Gasteiger partial charge in [-0.05, 0) is 35.9 Å². The lowest BCUT2D eigenvalue weighted by Crippen LogP contribution is -1.97. The van der Waals surface area contributed by atoms with E-state index in [1.165, 1.54) is 7.11 Å². The Balaban J connectivity index is 2.25. The maximum Gasteiger partial charge on any atom is 0.232 e. The highest BCUT2D eigenvalue weighted by atomic mass is 35.5. The molecule has 0 saturated heterocycles. The predicted molar refractivity (Wildman–Crippen MR) is 101 cm³/mol. The van der Waals surface area contributed by atoms with E-state index in [0.29, 0.717) is 31.9 Å². The number of methoxy groups -OCH3 is 1. The fourth-order valence-electron chi connectivity index (χ4n) is 2.44. The van der Waals surface area contributed by atoms with Crippen molar-refractivity contribution in [2.75, 3.05) is 7.11 Å². The van der Waals surface area contributed by atoms with Crippen molar-refractivity contribution in [2.24, 2.45) is 0 Å². The Bertz CT molecular complexity index is 979. The first-order valence-corrected chi connectivity index (χ1v) is 8.37. The predicted octanol–water partition coefficient (Wildman–Crippen LogP) is 6.26. The molecule has 3 nitrogen and oxygen atoms in total. The summed E-state index contributed by atoms with van der Waals surface area (Å²) in [4.78, 5) is 4.44. The van der Waals surface area contributed by atoms with Gasteiger partial charge in [0.2, 0.25) is 5.88 Å². The van der Waals surface area contributed by atoms with Crippen molar-refractivity contribution in [3.63, 3.8) is 0 Å². The smallest absolute Gasteiger partial charge is 0.232 e. The van der Waals surface area contributed by atoms with Crippen molar-refractivity contribution in [3.05, 3.63) is 69.2 Å². The van der Waals surface area contributed by atoms with E-state index in [0.717, 1.165) is 11.1 Å². The third-order valence-electron chi connectivity index (χ3n) is 3.66. The van der Waals surface area contributed by atoms with E-state index in [1.807, 2.05) is 18.2 Å². The van der Waals surface area contributed by atoms with Crippen LogP contribution in [0.4, 0.5) is 0 Å². The van der Waals surface area contributed by atoms with Crippen LogP contribution in [0.15, 0.2) is 48.5 Å². The molecule has 3 rings (SSSR count). The first-order valence-electron chi connectivity index (χ1n) is 7.24. The standard InChI is InChI=1S/C19H11Cl3N2O/c1-25-19-15(10-23)14(12-4-7-16(21)17(22)8-12)9-18(24-19)11-2-5-13(20)6-3-11/h2-9H,1H3. The van der Waals surface area contributed by atoms with Gasteiger partial charge in [-0.2, -0.15) is 5.26 Å². The van der Waals surface area contributed by atoms with Gasteiger partial charge in [-0.15, -0.1) is 0 Å². The maximum absolute atomic E-state index is 9.57. The number of halogens is 3. The van der Waals surface area contributed by atoms with Crippen LogP contribution in [0, 0.1) is 11.3 Å². The third kappa shape index (κ3) is 3.57. The molecule has 0 aliphatic rings. The van der Waals surface area contributed by atoms with Crippen molar-refractivity contribution < 1.29 is 4.74 Å². The molecule has 1 aromatic heterocycles. The second-order valence-corrected chi connectivity index (χ2v) is 6.44. The van der Waals surface area contributed by atoms with Gasteiger partial charge in [0.1, 0.15) is 11.6 Å². The van der Waals surface area contributed by atoms with Crippen molar-refractivity contribution >= 4 is 34.8 Å². The molecule has 0 atom stereocenters. The fourth-order valence-corrected chi connectivity index (χ4v) is 2.86. The molecule has 0 amide bonds. The lowest BCUT2D eigenvalue weighted by Gasteiger charge is -2.12. The van der Waals surface area contributed by atoms with Gasteiger partial charge in [0.05, 0.1) is 22.8 Å². The van der Waals surface area contributed by atoms with Gasteiger partial charge in [-0.25, -0.2) is 4.98 Å². The number of nitriles is 1. The topological polar surface area (TPSA) is 45.9 Å². The van der Waals surface area contributed by atoms with Crippen LogP contribution < -0.4 is 4.74 Å². The molecule has 0 saturated carbocycles. The summed E-state index contributed by atoms with van der Waals surface area (Å²) in [5.41, 5.74) is 3.26. The van der Waals surface area contributed by atoms with E-state index in [9.17, 15) is 5.26 Å². The number of hydrogen-bond donors (Lipinski definition) is 0. The van der Waals surface area contributed by atoms with Gasteiger partial charge in [0, 0.05) is 16.1 Å². The molecule has 3 aromatic rings. The summed E-state index contributed by atoms with van der Waals surface area (Å²) >= 11 is 18.1. The number of aromatic nitrogens is 1. The molecule has 2 aromatic carbocycles. The fraction of sp³-hybridized carbons (Fsp3) is 0.0526. The second-order valence-electron chi connectivity index (χ2n) is 5.19. The van der Waals surface area contributed by atoms with Crippen LogP contribution in [0.2, 0.25) is 15.1 Å². The van der Waals surface area contributed by atoms with E-state index >= 15 is 0 Å². The minimum Gasteiger partial charge on any atom is -0.480 e. The summed E-state index contributed by atoms with van der Waals surface area (Å²) in [6.07, 6.45) is 0. The van der Waals surface area contributed by atoms with Gasteiger partial charge in [0.15, 0.2) is 0 Å². The van der Waals surface area contributed by atoms with Crippen LogP contribution in [0.3, 0.4) is 0 Å². The zero-order chi connectivity index (χ0) is 18.0. The van der Waals surface area contributed by atoms with Crippen molar-refractivity contribution in [1.82, 2.24) is 4.98 Å². The number of hydrogen-bond acceptors (Lipinski definition) is 3. The van der Waals surface area contributed by atoms with Crippen LogP contribution >= 0.6 is 34.8 Å². The van der Waals surface area contributed by atoms with Crippen LogP contribution in [0.5, 0.6) is 5.88 Å². The van der Waals surface area contributed by atoms with Crippen molar-refractivity contribution in [1.29, 1.82) is 5.26 Å². The molecular formula is C19H11Cl3N2O. The summed E-state index contributed by atoms with van der Waals surface area (Å²) in [6.45, 7) is 0. The Morgan fingerprint density at radius 1 is 0.920 bits per heavy atom. The molecule has 0 radical (unpaired) electrons. The molecule has 0 N–H and O–H groups in total. The molecular weight excluding hydrogens is 379 g/mol. The van der Waals surface area contributed by atoms with E-state index in [2.05, 4.69) is 11.1 Å². The van der Waals surface area contributed by atoms with E-state index in [-0.39, 0.29) is 5.88 Å². The SMILES string of the molecule is COc1nc(-c2ccc(Cl)cc2)cc(-c2ccc(Cl)c(Cl)c2)c1C#N. The Morgan fingerprint density at radius 2 is 1.60 bits per heavy atom. The van der Waals surface area contributed by atoms with Crippen LogP contribution in [0.25, 0.3) is 22.4 Å². The normalized spacial score (nSPS) is 10.4. The van der Waals surface area contributed by atoms with E-state index in [4.69, 9.17) is 39.5 Å². The summed E-state index contributed by atoms with van der Waals surface area (Å²) in [7, 11) is 1.48. The molecule has 124 valence electrons. The van der Waals surface area contributed by atoms with Gasteiger partial charge in [0.25, 0.3) is 0 Å². The summed E-state index contributed by atoms with van der Waals surface area (Å²) in [5.74, 6) is 0.246. The number of benzene rings is 2. The average Bonchev–Trinajstić information content (AvgIpc) is 2.63. The van der Waals surface area contributed by atoms with Crippen molar-refractivity contribution in [3.8, 4) is 34.3 Å². The van der Waals surface area contributed by atoms with Crippen LogP contribution in [0.1, 0.15) is 5.56 Å². The maximum atomic E-state index is 9.57. The molecule has 0 unspecified atom stereocenters. The highest BCUT2D eigenvalue weighted by molar-refractivity contribution is 6.42. The summed E-state index contributed by atoms with van der Waals surface area (Å²) in [5, 5.41) is 11.1. The Kier molecular flexibility index (Phi) is 5.15. The zero-order valence-electron chi connectivity index (χ0n) is 13.1. The molecule has 0 aliphatic carbocycles. The van der Waals surface area contributed by atoms with Gasteiger partial charge in [-0.1, -0.05) is 53.0 Å². The molecule has 1 heterocycles. The van der Waals surface area contributed by atoms with Gasteiger partial charge < -0.3 is 4.74 Å². The highest BCUT2D eigenvalue weighted by Crippen LogP contribution is 2.36. The Hall–Kier alpha value is -2.25. The minimum absolute atomic E-state index is 0.246. The molecule has 0 fully saturated rings. The Labute approximate surface area is 160 Å². The molecule has 0 spiro atoms. The lowest BCUT2D eigenvalue weighted by atomic mass is 9.99. The largest absolute Gasteiger partial charge is 0.480 e. The zero-order valence-corrected chi connectivity index (χ0v) is 15.3. The minimum atomic E-state index is 0.246. The van der Waals surface area contributed by atoms with Crippen molar-refractivity contribution in [2.45, 2.75) is 0 Å². The first-order chi connectivity index (χ1) is 12.0. The summed E-state index contributed by atoms with van der Waals surface area (Å²) in [6, 6.07) is 16.4. The average molecular weight is 390 g/mol. The lowest BCUT2D eigenvalue weighted by molar-refractivity contribution is 0.397. The van der Waals surface area contributed by atoms with E-state index < -0.39 is 0 Å². The quantitative estimate of drug-likeness (QED) is 0.531. The molecule has 25 heavy (non-hydrogen) atoms. The Morgan fingerprint density at radius 3 is 2.20 bits per heavy atom. The molecule has 0 aliphatic heterocycles. The van der Waals surface area contributed by atoms with Crippen LogP contribution in [-0.2, 0) is 0 Å². The number of pyridine rings is 1. The number of rotatable bonds is 3. The number of ether oxygens (including phenoxy) is 1. The molecule has 6 heteroatoms. The van der Waals surface area contributed by atoms with E-state index in [1.54, 1.807) is 30.3 Å². The van der Waals surface area contributed by atoms with Gasteiger partial charge in [-0.3, -0.25) is 0 Å². The second kappa shape index (κ2) is 7.33. The number of nitrogens with zero attached hydrogens (tertiary/aromatic N) is 2. The monoisotopic (exact) mass is 388 g/mol. The first kappa shape index (κ1) is 17.6. The highest BCUT2D eigenvalue weighted by Gasteiger charge is 2.16.